The number of hydrogen-bond donors (Lipinski definition) is 1. The molecule has 5 heteroatoms. The van der Waals surface area contributed by atoms with Gasteiger partial charge in [-0.25, -0.2) is 8.42 Å². The quantitative estimate of drug-likeness (QED) is 0.635. The van der Waals surface area contributed by atoms with E-state index in [2.05, 4.69) is 0 Å². The fourth-order valence-electron chi connectivity index (χ4n) is 0.834. The Bertz CT molecular complexity index is 397. The zero-order valence-electron chi connectivity index (χ0n) is 6.28. The Balaban J connectivity index is 3.39. The maximum atomic E-state index is 11.0. The Kier molecular flexibility index (Phi) is 2.62. The zero-order chi connectivity index (χ0) is 9.35. The van der Waals surface area contributed by atoms with Gasteiger partial charge < -0.3 is 5.11 Å². The molecule has 1 N–H and O–H groups in total. The second kappa shape index (κ2) is 3.21. The van der Waals surface area contributed by atoms with Crippen LogP contribution in [-0.4, -0.2) is 13.5 Å². The summed E-state index contributed by atoms with van der Waals surface area (Å²) in [4.78, 5) is -0.0336. The van der Waals surface area contributed by atoms with Crippen LogP contribution in [0.1, 0.15) is 5.56 Å². The van der Waals surface area contributed by atoms with Crippen LogP contribution < -0.4 is 0 Å². The molecule has 0 fully saturated rings. The van der Waals surface area contributed by atoms with E-state index in [1.807, 2.05) is 0 Å². The highest BCUT2D eigenvalue weighted by molar-refractivity contribution is 14.2. The van der Waals surface area contributed by atoms with Gasteiger partial charge in [0.15, 0.2) is 0 Å². The van der Waals surface area contributed by atoms with Crippen LogP contribution in [0.3, 0.4) is 0 Å². The summed E-state index contributed by atoms with van der Waals surface area (Å²) in [5, 5.41) is 9.24. The molecule has 1 aromatic rings. The van der Waals surface area contributed by atoms with E-state index >= 15 is 0 Å². The van der Waals surface area contributed by atoms with Crippen molar-refractivity contribution in [2.45, 2.75) is 11.8 Å². The molecule has 0 aliphatic heterocycles. The lowest BCUT2D eigenvalue weighted by Crippen LogP contribution is -1.90. The highest BCUT2D eigenvalue weighted by atomic mass is 127. The highest BCUT2D eigenvalue weighted by Gasteiger charge is 2.13. The van der Waals surface area contributed by atoms with Gasteiger partial charge in [0.25, 0.3) is 0 Å². The minimum Gasteiger partial charge on any atom is -0.507 e. The molecule has 0 atom stereocenters. The lowest BCUT2D eigenvalue weighted by atomic mass is 10.2. The molecule has 0 aliphatic rings. The largest absolute Gasteiger partial charge is 0.507 e. The minimum atomic E-state index is -3.33. The molecule has 0 saturated heterocycles. The molecule has 0 radical (unpaired) electrons. The van der Waals surface area contributed by atoms with Crippen LogP contribution in [-0.2, 0) is 7.01 Å². The van der Waals surface area contributed by atoms with Crippen molar-refractivity contribution in [2.75, 3.05) is 0 Å². The average molecular weight is 298 g/mol. The first kappa shape index (κ1) is 9.79. The fourth-order valence-corrected chi connectivity index (χ4v) is 2.49. The molecule has 66 valence electrons. The van der Waals surface area contributed by atoms with Gasteiger partial charge in [-0.1, -0.05) is 6.07 Å². The topological polar surface area (TPSA) is 54.4 Å². The molecule has 12 heavy (non-hydrogen) atoms. The van der Waals surface area contributed by atoms with Gasteiger partial charge in [0.2, 0.25) is 7.01 Å². The number of rotatable bonds is 1. The van der Waals surface area contributed by atoms with E-state index in [1.54, 1.807) is 13.0 Å². The van der Waals surface area contributed by atoms with Crippen LogP contribution >= 0.6 is 21.2 Å². The number of halogens is 1. The van der Waals surface area contributed by atoms with Crippen molar-refractivity contribution in [1.29, 1.82) is 0 Å². The summed E-state index contributed by atoms with van der Waals surface area (Å²) >= 11 is 1.29. The van der Waals surface area contributed by atoms with Crippen molar-refractivity contribution in [3.05, 3.63) is 23.8 Å². The number of hydrogen-bond acceptors (Lipinski definition) is 3. The van der Waals surface area contributed by atoms with Crippen LogP contribution in [0.15, 0.2) is 23.1 Å². The van der Waals surface area contributed by atoms with E-state index in [9.17, 15) is 13.5 Å². The molecular formula is C7H7IO3S. The van der Waals surface area contributed by atoms with Crippen molar-refractivity contribution in [2.24, 2.45) is 0 Å². The van der Waals surface area contributed by atoms with Crippen molar-refractivity contribution in [3.63, 3.8) is 0 Å². The van der Waals surface area contributed by atoms with E-state index in [0.717, 1.165) is 5.56 Å². The number of benzene rings is 1. The second-order valence-corrected chi connectivity index (χ2v) is 7.20. The van der Waals surface area contributed by atoms with Crippen LogP contribution in [0.2, 0.25) is 0 Å². The van der Waals surface area contributed by atoms with Gasteiger partial charge in [-0.05, 0) is 24.6 Å². The number of phenols is 1. The third-order valence-corrected chi connectivity index (χ3v) is 3.67. The van der Waals surface area contributed by atoms with Gasteiger partial charge in [0.1, 0.15) is 10.6 Å². The van der Waals surface area contributed by atoms with Crippen molar-refractivity contribution >= 4 is 28.2 Å². The molecule has 1 aromatic carbocycles. The molecule has 0 unspecified atom stereocenters. The standard InChI is InChI=1S/C7H7IO3S/c1-5-2-3-7(6(9)4-5)12(8,10)11/h2-4,9H,1H3. The smallest absolute Gasteiger partial charge is 0.234 e. The van der Waals surface area contributed by atoms with Gasteiger partial charge in [-0.3, -0.25) is 0 Å². The summed E-state index contributed by atoms with van der Waals surface area (Å²) in [6.45, 7) is 1.78. The summed E-state index contributed by atoms with van der Waals surface area (Å²) in [6.07, 6.45) is 0. The van der Waals surface area contributed by atoms with Gasteiger partial charge in [-0.2, -0.15) is 0 Å². The third-order valence-electron chi connectivity index (χ3n) is 1.38. The molecular weight excluding hydrogens is 291 g/mol. The number of aromatic hydroxyl groups is 1. The first-order valence-corrected chi connectivity index (χ1v) is 7.18. The Hall–Kier alpha value is -0.300. The first-order chi connectivity index (χ1) is 5.41. The Morgan fingerprint density at radius 1 is 1.42 bits per heavy atom. The van der Waals surface area contributed by atoms with Crippen molar-refractivity contribution < 1.29 is 13.5 Å². The predicted octanol–water partition coefficient (Wildman–Crippen LogP) is 1.82. The summed E-state index contributed by atoms with van der Waals surface area (Å²) in [5.41, 5.74) is 0.830. The maximum absolute atomic E-state index is 11.0. The molecule has 0 heterocycles. The van der Waals surface area contributed by atoms with Crippen molar-refractivity contribution in [3.8, 4) is 5.75 Å². The Morgan fingerprint density at radius 3 is 2.42 bits per heavy atom. The summed E-state index contributed by atoms with van der Waals surface area (Å²) in [5.74, 6) is -0.190. The molecule has 1 rings (SSSR count). The highest BCUT2D eigenvalue weighted by Crippen LogP contribution is 2.27. The molecule has 0 aliphatic carbocycles. The van der Waals surface area contributed by atoms with E-state index in [1.165, 1.54) is 33.3 Å². The van der Waals surface area contributed by atoms with Crippen LogP contribution in [0.5, 0.6) is 5.75 Å². The molecule has 0 saturated carbocycles. The Morgan fingerprint density at radius 2 is 2.00 bits per heavy atom. The zero-order valence-corrected chi connectivity index (χ0v) is 9.26. The van der Waals surface area contributed by atoms with E-state index < -0.39 is 7.01 Å². The molecule has 0 aromatic heterocycles. The fraction of sp³-hybridized carbons (Fsp3) is 0.143. The Labute approximate surface area is 82.9 Å². The van der Waals surface area contributed by atoms with Gasteiger partial charge in [0.05, 0.1) is 21.2 Å². The lowest BCUT2D eigenvalue weighted by Gasteiger charge is -2.00. The normalized spacial score (nSPS) is 11.5. The SMILES string of the molecule is Cc1ccc(S(=O)(=O)I)c(O)c1. The monoisotopic (exact) mass is 298 g/mol. The van der Waals surface area contributed by atoms with Gasteiger partial charge in [0, 0.05) is 0 Å². The molecule has 0 amide bonds. The average Bonchev–Trinajstić information content (AvgIpc) is 1.83. The lowest BCUT2D eigenvalue weighted by molar-refractivity contribution is 0.459. The van der Waals surface area contributed by atoms with Gasteiger partial charge >= 0.3 is 0 Å². The summed E-state index contributed by atoms with van der Waals surface area (Å²) in [6, 6.07) is 4.46. The summed E-state index contributed by atoms with van der Waals surface area (Å²) < 4.78 is 22.0. The first-order valence-electron chi connectivity index (χ1n) is 3.15. The third kappa shape index (κ3) is 2.10. The van der Waals surface area contributed by atoms with E-state index in [4.69, 9.17) is 0 Å². The van der Waals surface area contributed by atoms with Crippen LogP contribution in [0.25, 0.3) is 0 Å². The molecule has 0 spiro atoms. The molecule has 0 bridgehead atoms. The minimum absolute atomic E-state index is 0.0336. The number of phenolic OH excluding ortho intramolecular Hbond substituents is 1. The van der Waals surface area contributed by atoms with Crippen LogP contribution in [0, 0.1) is 6.92 Å². The second-order valence-electron chi connectivity index (χ2n) is 2.41. The number of aryl methyl sites for hydroxylation is 1. The predicted molar refractivity (Wildman–Crippen MR) is 54.0 cm³/mol. The van der Waals surface area contributed by atoms with Gasteiger partial charge in [-0.15, -0.1) is 0 Å². The van der Waals surface area contributed by atoms with Crippen molar-refractivity contribution in [1.82, 2.24) is 0 Å². The van der Waals surface area contributed by atoms with E-state index in [0.29, 0.717) is 0 Å². The summed E-state index contributed by atoms with van der Waals surface area (Å²) in [7, 11) is -3.33. The maximum Gasteiger partial charge on any atom is 0.234 e. The van der Waals surface area contributed by atoms with E-state index in [-0.39, 0.29) is 10.6 Å². The van der Waals surface area contributed by atoms with Crippen LogP contribution in [0.4, 0.5) is 0 Å². The molecule has 3 nitrogen and oxygen atoms in total.